The van der Waals surface area contributed by atoms with Gasteiger partial charge in [-0.15, -0.1) is 0 Å². The van der Waals surface area contributed by atoms with E-state index in [4.69, 9.17) is 5.11 Å². The topological polar surface area (TPSA) is 50.2 Å². The predicted molar refractivity (Wildman–Crippen MR) is 43.8 cm³/mol. The molecule has 1 aromatic rings. The van der Waals surface area contributed by atoms with Crippen LogP contribution in [0.15, 0.2) is 18.3 Å². The van der Waals surface area contributed by atoms with Crippen LogP contribution in [-0.4, -0.2) is 16.1 Å². The molecule has 0 radical (unpaired) electrons. The maximum absolute atomic E-state index is 10.3. The Hall–Kier alpha value is -0.900. The van der Waals surface area contributed by atoms with Crippen molar-refractivity contribution in [2.75, 3.05) is 0 Å². The average Bonchev–Trinajstić information content (AvgIpc) is 2.05. The molecule has 58 valence electrons. The van der Waals surface area contributed by atoms with Gasteiger partial charge in [-0.3, -0.25) is 0 Å². The second-order valence-corrected chi connectivity index (χ2v) is 2.55. The quantitative estimate of drug-likeness (QED) is 0.765. The zero-order valence-corrected chi connectivity index (χ0v) is 7.21. The third kappa shape index (κ3) is 2.01. The number of aromatic carboxylic acids is 1. The van der Waals surface area contributed by atoms with Crippen molar-refractivity contribution in [3.8, 4) is 0 Å². The van der Waals surface area contributed by atoms with E-state index < -0.39 is 5.97 Å². The Kier molecular flexibility index (Phi) is 2.59. The summed E-state index contributed by atoms with van der Waals surface area (Å²) >= 11 is 3.23. The molecule has 0 saturated carbocycles. The molecule has 0 aliphatic carbocycles. The number of carboxylic acids is 1. The van der Waals surface area contributed by atoms with Gasteiger partial charge in [-0.25, -0.2) is 9.78 Å². The molecular formula is C7H6BrNO2. The average molecular weight is 216 g/mol. The number of carboxylic acid groups (broad SMARTS) is 1. The number of nitrogens with zero attached hydrogens (tertiary/aromatic N) is 1. The first kappa shape index (κ1) is 8.20. The zero-order chi connectivity index (χ0) is 8.27. The highest BCUT2D eigenvalue weighted by atomic mass is 79.9. The summed E-state index contributed by atoms with van der Waals surface area (Å²) < 4.78 is 0. The Morgan fingerprint density at radius 2 is 2.36 bits per heavy atom. The van der Waals surface area contributed by atoms with Gasteiger partial charge in [0.05, 0.1) is 0 Å². The number of rotatable bonds is 2. The molecule has 11 heavy (non-hydrogen) atoms. The maximum Gasteiger partial charge on any atom is 0.354 e. The lowest BCUT2D eigenvalue weighted by Crippen LogP contribution is -1.99. The van der Waals surface area contributed by atoms with Crippen LogP contribution in [0.4, 0.5) is 0 Å². The van der Waals surface area contributed by atoms with E-state index in [0.29, 0.717) is 5.33 Å². The Balaban J connectivity index is 2.91. The first-order chi connectivity index (χ1) is 5.24. The van der Waals surface area contributed by atoms with Crippen LogP contribution in [0.1, 0.15) is 16.1 Å². The normalized spacial score (nSPS) is 9.55. The summed E-state index contributed by atoms with van der Waals surface area (Å²) in [6.45, 7) is 0. The lowest BCUT2D eigenvalue weighted by molar-refractivity contribution is 0.0690. The molecule has 0 aliphatic heterocycles. The zero-order valence-electron chi connectivity index (χ0n) is 5.62. The number of halogens is 1. The number of alkyl halides is 1. The molecule has 0 saturated heterocycles. The highest BCUT2D eigenvalue weighted by Gasteiger charge is 2.01. The van der Waals surface area contributed by atoms with Crippen molar-refractivity contribution in [1.82, 2.24) is 4.98 Å². The van der Waals surface area contributed by atoms with Gasteiger partial charge in [0, 0.05) is 11.5 Å². The molecule has 0 fully saturated rings. The smallest absolute Gasteiger partial charge is 0.354 e. The first-order valence-electron chi connectivity index (χ1n) is 2.98. The van der Waals surface area contributed by atoms with Crippen LogP contribution < -0.4 is 0 Å². The summed E-state index contributed by atoms with van der Waals surface area (Å²) in [6, 6.07) is 3.21. The molecule has 3 nitrogen and oxygen atoms in total. The van der Waals surface area contributed by atoms with Crippen LogP contribution in [0.2, 0.25) is 0 Å². The fourth-order valence-corrected chi connectivity index (χ4v) is 0.962. The molecule has 1 heterocycles. The second-order valence-electron chi connectivity index (χ2n) is 1.99. The van der Waals surface area contributed by atoms with E-state index in [9.17, 15) is 4.79 Å². The molecule has 0 spiro atoms. The number of aromatic nitrogens is 1. The van der Waals surface area contributed by atoms with Gasteiger partial charge in [-0.2, -0.15) is 0 Å². The van der Waals surface area contributed by atoms with E-state index in [0.717, 1.165) is 5.56 Å². The van der Waals surface area contributed by atoms with Crippen molar-refractivity contribution < 1.29 is 9.90 Å². The van der Waals surface area contributed by atoms with Crippen LogP contribution in [-0.2, 0) is 5.33 Å². The van der Waals surface area contributed by atoms with Crippen LogP contribution in [0.5, 0.6) is 0 Å². The van der Waals surface area contributed by atoms with E-state index in [1.54, 1.807) is 6.07 Å². The molecule has 4 heteroatoms. The molecule has 1 aromatic heterocycles. The first-order valence-corrected chi connectivity index (χ1v) is 4.10. The molecule has 0 bridgehead atoms. The fourth-order valence-electron chi connectivity index (χ4n) is 0.630. The minimum absolute atomic E-state index is 0.0784. The molecular weight excluding hydrogens is 210 g/mol. The van der Waals surface area contributed by atoms with E-state index in [1.807, 2.05) is 0 Å². The fraction of sp³-hybridized carbons (Fsp3) is 0.143. The van der Waals surface area contributed by atoms with Crippen molar-refractivity contribution >= 4 is 21.9 Å². The van der Waals surface area contributed by atoms with Crippen molar-refractivity contribution in [3.63, 3.8) is 0 Å². The summed E-state index contributed by atoms with van der Waals surface area (Å²) in [5.41, 5.74) is 1.05. The van der Waals surface area contributed by atoms with Crippen molar-refractivity contribution in [1.29, 1.82) is 0 Å². The number of hydrogen-bond acceptors (Lipinski definition) is 2. The van der Waals surface area contributed by atoms with E-state index in [2.05, 4.69) is 20.9 Å². The SMILES string of the molecule is O=C(O)c1ccc(CBr)cn1. The third-order valence-corrected chi connectivity index (χ3v) is 1.85. The van der Waals surface area contributed by atoms with Gasteiger partial charge in [0.1, 0.15) is 5.69 Å². The minimum atomic E-state index is -0.994. The van der Waals surface area contributed by atoms with Crippen molar-refractivity contribution in [2.24, 2.45) is 0 Å². The van der Waals surface area contributed by atoms with E-state index in [-0.39, 0.29) is 5.69 Å². The lowest BCUT2D eigenvalue weighted by Gasteiger charge is -1.94. The summed E-state index contributed by atoms with van der Waals surface area (Å²) in [5.74, 6) is -0.994. The van der Waals surface area contributed by atoms with Gasteiger partial charge in [0.2, 0.25) is 0 Å². The molecule has 1 rings (SSSR count). The highest BCUT2D eigenvalue weighted by Crippen LogP contribution is 2.04. The monoisotopic (exact) mass is 215 g/mol. The van der Waals surface area contributed by atoms with Gasteiger partial charge in [0.15, 0.2) is 0 Å². The van der Waals surface area contributed by atoms with E-state index >= 15 is 0 Å². The van der Waals surface area contributed by atoms with E-state index in [1.165, 1.54) is 12.3 Å². The van der Waals surface area contributed by atoms with Gasteiger partial charge < -0.3 is 5.11 Å². The van der Waals surface area contributed by atoms with Crippen LogP contribution in [0, 0.1) is 0 Å². The highest BCUT2D eigenvalue weighted by molar-refractivity contribution is 9.08. The Bertz CT molecular complexity index is 258. The van der Waals surface area contributed by atoms with Crippen molar-refractivity contribution in [3.05, 3.63) is 29.6 Å². The Morgan fingerprint density at radius 3 is 2.73 bits per heavy atom. The molecule has 0 amide bonds. The number of carbonyl (C=O) groups is 1. The third-order valence-electron chi connectivity index (χ3n) is 1.20. The minimum Gasteiger partial charge on any atom is -0.477 e. The molecule has 1 N–H and O–H groups in total. The Morgan fingerprint density at radius 1 is 1.64 bits per heavy atom. The standard InChI is InChI=1S/C7H6BrNO2/c8-3-5-1-2-6(7(10)11)9-4-5/h1-2,4H,3H2,(H,10,11). The lowest BCUT2D eigenvalue weighted by atomic mass is 10.3. The molecule has 0 aromatic carbocycles. The Labute approximate surface area is 72.2 Å². The maximum atomic E-state index is 10.3. The summed E-state index contributed by atoms with van der Waals surface area (Å²) in [6.07, 6.45) is 1.54. The van der Waals surface area contributed by atoms with Gasteiger partial charge in [0.25, 0.3) is 0 Å². The summed E-state index contributed by atoms with van der Waals surface area (Å²) in [7, 11) is 0. The van der Waals surface area contributed by atoms with Crippen LogP contribution in [0.3, 0.4) is 0 Å². The number of pyridine rings is 1. The van der Waals surface area contributed by atoms with Crippen molar-refractivity contribution in [2.45, 2.75) is 5.33 Å². The van der Waals surface area contributed by atoms with Gasteiger partial charge in [-0.1, -0.05) is 22.0 Å². The van der Waals surface area contributed by atoms with Gasteiger partial charge in [-0.05, 0) is 11.6 Å². The van der Waals surface area contributed by atoms with Gasteiger partial charge >= 0.3 is 5.97 Å². The van der Waals surface area contributed by atoms with Crippen LogP contribution in [0.25, 0.3) is 0 Å². The molecule has 0 atom stereocenters. The predicted octanol–water partition coefficient (Wildman–Crippen LogP) is 1.67. The second kappa shape index (κ2) is 3.48. The van der Waals surface area contributed by atoms with Crippen LogP contribution >= 0.6 is 15.9 Å². The molecule has 0 unspecified atom stereocenters. The summed E-state index contributed by atoms with van der Waals surface area (Å²) in [4.78, 5) is 14.0. The number of hydrogen-bond donors (Lipinski definition) is 1. The molecule has 0 aliphatic rings. The summed E-state index contributed by atoms with van der Waals surface area (Å²) in [5, 5.41) is 9.17. The largest absolute Gasteiger partial charge is 0.477 e.